The summed E-state index contributed by atoms with van der Waals surface area (Å²) in [7, 11) is 0. The average Bonchev–Trinajstić information content (AvgIpc) is 2.47. The van der Waals surface area contributed by atoms with Gasteiger partial charge in [-0.3, -0.25) is 20.0 Å². The van der Waals surface area contributed by atoms with Gasteiger partial charge in [-0.1, -0.05) is 12.2 Å². The third-order valence-corrected chi connectivity index (χ3v) is 3.04. The van der Waals surface area contributed by atoms with Crippen LogP contribution in [0.5, 0.6) is 0 Å². The predicted molar refractivity (Wildman–Crippen MR) is 76.2 cm³/mol. The first-order valence-corrected chi connectivity index (χ1v) is 6.70. The van der Waals surface area contributed by atoms with Crippen LogP contribution in [0.4, 0.5) is 0 Å². The average molecular weight is 291 g/mol. The molecule has 8 heteroatoms. The Morgan fingerprint density at radius 2 is 2.24 bits per heavy atom. The van der Waals surface area contributed by atoms with Crippen LogP contribution < -0.4 is 22.1 Å². The molecule has 1 aliphatic rings. The lowest BCUT2D eigenvalue weighted by Crippen LogP contribution is -2.35. The Labute approximate surface area is 120 Å². The van der Waals surface area contributed by atoms with Crippen LogP contribution in [0.3, 0.4) is 0 Å². The molecule has 1 heterocycles. The zero-order valence-corrected chi connectivity index (χ0v) is 11.4. The molecule has 0 aliphatic heterocycles. The molecule has 0 aromatic carbocycles. The van der Waals surface area contributed by atoms with Crippen LogP contribution in [0.2, 0.25) is 0 Å². The highest BCUT2D eigenvalue weighted by Gasteiger charge is 2.06. The van der Waals surface area contributed by atoms with Gasteiger partial charge in [0.25, 0.3) is 5.56 Å². The molecule has 21 heavy (non-hydrogen) atoms. The van der Waals surface area contributed by atoms with Crippen LogP contribution in [-0.2, 0) is 11.2 Å². The lowest BCUT2D eigenvalue weighted by atomic mass is 10.0. The van der Waals surface area contributed by atoms with E-state index in [9.17, 15) is 14.4 Å². The summed E-state index contributed by atoms with van der Waals surface area (Å²) in [5, 5.41) is 5.73. The van der Waals surface area contributed by atoms with Gasteiger partial charge in [0.2, 0.25) is 5.91 Å². The second-order valence-corrected chi connectivity index (χ2v) is 4.66. The first-order chi connectivity index (χ1) is 10.1. The Balaban J connectivity index is 1.76. The normalized spacial score (nSPS) is 15.9. The molecule has 0 saturated heterocycles. The van der Waals surface area contributed by atoms with Crippen molar-refractivity contribution in [2.24, 2.45) is 0 Å². The molecule has 0 saturated carbocycles. The molecule has 0 fully saturated rings. The van der Waals surface area contributed by atoms with Crippen LogP contribution in [0, 0.1) is 0 Å². The van der Waals surface area contributed by atoms with Crippen molar-refractivity contribution >= 4 is 5.91 Å². The molecule has 0 radical (unpaired) electrons. The maximum absolute atomic E-state index is 11.6. The van der Waals surface area contributed by atoms with E-state index in [4.69, 9.17) is 0 Å². The highest BCUT2D eigenvalue weighted by Crippen LogP contribution is 2.15. The van der Waals surface area contributed by atoms with Gasteiger partial charge in [0.15, 0.2) is 0 Å². The van der Waals surface area contributed by atoms with Gasteiger partial charge >= 0.3 is 5.69 Å². The summed E-state index contributed by atoms with van der Waals surface area (Å²) in [6.45, 7) is 0. The molecule has 0 bridgehead atoms. The fourth-order valence-corrected chi connectivity index (χ4v) is 1.91. The molecule has 112 valence electrons. The fraction of sp³-hybridized carbons (Fsp3) is 0.385. The molecular weight excluding hydrogens is 274 g/mol. The maximum atomic E-state index is 11.6. The second-order valence-electron chi connectivity index (χ2n) is 4.66. The van der Waals surface area contributed by atoms with Gasteiger partial charge in [-0.15, -0.1) is 0 Å². The minimum atomic E-state index is -0.664. The summed E-state index contributed by atoms with van der Waals surface area (Å²) in [6, 6.07) is 0. The molecule has 8 nitrogen and oxygen atoms in total. The lowest BCUT2D eigenvalue weighted by molar-refractivity contribution is -0.121. The Kier molecular flexibility index (Phi) is 5.08. The van der Waals surface area contributed by atoms with E-state index in [0.29, 0.717) is 0 Å². The highest BCUT2D eigenvalue weighted by molar-refractivity contribution is 5.75. The van der Waals surface area contributed by atoms with Crippen molar-refractivity contribution in [1.82, 2.24) is 26.0 Å². The minimum Gasteiger partial charge on any atom is -0.306 e. The Morgan fingerprint density at radius 1 is 1.38 bits per heavy atom. The van der Waals surface area contributed by atoms with Crippen LogP contribution in [0.1, 0.15) is 31.4 Å². The van der Waals surface area contributed by atoms with E-state index < -0.39 is 11.2 Å². The number of carbonyl (C=O) groups is 1. The van der Waals surface area contributed by atoms with Gasteiger partial charge in [0, 0.05) is 19.0 Å². The number of nitrogens with zero attached hydrogens (tertiary/aromatic N) is 1. The zero-order valence-electron chi connectivity index (χ0n) is 11.4. The first kappa shape index (κ1) is 14.8. The number of hydrogen-bond acceptors (Lipinski definition) is 5. The molecule has 0 unspecified atom stereocenters. The van der Waals surface area contributed by atoms with E-state index in [-0.39, 0.29) is 24.4 Å². The lowest BCUT2D eigenvalue weighted by Gasteiger charge is -2.10. The number of aromatic amines is 2. The summed E-state index contributed by atoms with van der Waals surface area (Å²) >= 11 is 0. The van der Waals surface area contributed by atoms with Crippen molar-refractivity contribution in [1.29, 1.82) is 0 Å². The molecule has 4 N–H and O–H groups in total. The first-order valence-electron chi connectivity index (χ1n) is 6.70. The van der Waals surface area contributed by atoms with Crippen molar-refractivity contribution in [2.45, 2.75) is 32.1 Å². The van der Waals surface area contributed by atoms with Crippen LogP contribution >= 0.6 is 0 Å². The van der Waals surface area contributed by atoms with Crippen molar-refractivity contribution in [2.75, 3.05) is 0 Å². The van der Waals surface area contributed by atoms with E-state index in [1.165, 1.54) is 5.57 Å². The number of amides is 1. The van der Waals surface area contributed by atoms with E-state index >= 15 is 0 Å². The second kappa shape index (κ2) is 7.22. The van der Waals surface area contributed by atoms with Gasteiger partial charge in [0.1, 0.15) is 5.69 Å². The predicted octanol–water partition coefficient (Wildman–Crippen LogP) is -0.364. The quantitative estimate of drug-likeness (QED) is 0.436. The topological polar surface area (TPSA) is 120 Å². The number of aryl methyl sites for hydroxylation is 1. The minimum absolute atomic E-state index is 0.0954. The van der Waals surface area contributed by atoms with Gasteiger partial charge in [0.05, 0.1) is 0 Å². The van der Waals surface area contributed by atoms with E-state index in [1.807, 2.05) is 0 Å². The number of nitrogens with one attached hydrogen (secondary N) is 4. The summed E-state index contributed by atoms with van der Waals surface area (Å²) in [6.07, 6.45) is 9.14. The number of aromatic nitrogens is 3. The third-order valence-electron chi connectivity index (χ3n) is 3.04. The fourth-order valence-electron chi connectivity index (χ4n) is 1.91. The van der Waals surface area contributed by atoms with Gasteiger partial charge in [-0.2, -0.15) is 5.10 Å². The Bertz CT molecular complexity index is 671. The summed E-state index contributed by atoms with van der Waals surface area (Å²) in [5.41, 5.74) is 5.39. The maximum Gasteiger partial charge on any atom is 0.342 e. The van der Waals surface area contributed by atoms with E-state index in [2.05, 4.69) is 38.2 Å². The number of hydrogen-bond donors (Lipinski definition) is 4. The number of rotatable bonds is 5. The molecule has 0 atom stereocenters. The van der Waals surface area contributed by atoms with Crippen molar-refractivity contribution in [3.63, 3.8) is 0 Å². The van der Waals surface area contributed by atoms with E-state index in [0.717, 1.165) is 19.3 Å². The Hall–Kier alpha value is -2.64. The number of H-pyrrole nitrogens is 2. The zero-order chi connectivity index (χ0) is 15.1. The van der Waals surface area contributed by atoms with Crippen molar-refractivity contribution < 1.29 is 4.79 Å². The summed E-state index contributed by atoms with van der Waals surface area (Å²) in [5.74, 6) is -0.259. The number of carbonyl (C=O) groups excluding carboxylic acids is 1. The number of hydrazine groups is 1. The van der Waals surface area contributed by atoms with Crippen LogP contribution in [-0.4, -0.2) is 21.1 Å². The highest BCUT2D eigenvalue weighted by atomic mass is 16.2. The Morgan fingerprint density at radius 3 is 2.95 bits per heavy atom. The van der Waals surface area contributed by atoms with Crippen LogP contribution in [0.25, 0.3) is 0 Å². The summed E-state index contributed by atoms with van der Waals surface area (Å²) in [4.78, 5) is 35.8. The van der Waals surface area contributed by atoms with Gasteiger partial charge in [-0.05, 0) is 24.8 Å². The monoisotopic (exact) mass is 291 g/mol. The molecular formula is C13H17N5O3. The summed E-state index contributed by atoms with van der Waals surface area (Å²) < 4.78 is 0. The van der Waals surface area contributed by atoms with Gasteiger partial charge in [-0.25, -0.2) is 9.89 Å². The van der Waals surface area contributed by atoms with Gasteiger partial charge < -0.3 is 5.43 Å². The van der Waals surface area contributed by atoms with Crippen molar-refractivity contribution in [3.8, 4) is 0 Å². The molecule has 1 amide bonds. The van der Waals surface area contributed by atoms with Crippen LogP contribution in [0.15, 0.2) is 33.5 Å². The third kappa shape index (κ3) is 4.75. The number of allylic oxidation sites excluding steroid dienone is 3. The molecule has 2 rings (SSSR count). The van der Waals surface area contributed by atoms with E-state index in [1.54, 1.807) is 6.20 Å². The molecule has 0 spiro atoms. The molecule has 1 aromatic rings. The SMILES string of the molecule is O=C(CCc1n[nH]c(=O)[nH]c1=O)NNC=C1CC=CCC1. The standard InChI is InChI=1S/C13H17N5O3/c19-11(17-14-8-9-4-2-1-3-5-9)7-6-10-12(20)15-13(21)18-16-10/h1-2,8,14H,3-7H2,(H,17,19)(H2,15,18,20,21). The largest absolute Gasteiger partial charge is 0.342 e. The smallest absolute Gasteiger partial charge is 0.306 e. The molecule has 1 aromatic heterocycles. The molecule has 1 aliphatic carbocycles. The van der Waals surface area contributed by atoms with Crippen molar-refractivity contribution in [3.05, 3.63) is 50.5 Å².